The Bertz CT molecular complexity index is 428. The van der Waals surface area contributed by atoms with Gasteiger partial charge in [0.2, 0.25) is 5.91 Å². The lowest BCUT2D eigenvalue weighted by atomic mass is 10.0. The average Bonchev–Trinajstić information content (AvgIpc) is 2.58. The Morgan fingerprint density at radius 2 is 1.95 bits per heavy atom. The largest absolute Gasteiger partial charge is 0.381 e. The highest BCUT2D eigenvalue weighted by Gasteiger charge is 2.20. The predicted octanol–water partition coefficient (Wildman–Crippen LogP) is 2.24. The molecule has 1 aliphatic rings. The fourth-order valence-corrected chi connectivity index (χ4v) is 2.84. The van der Waals surface area contributed by atoms with Crippen LogP contribution in [0.3, 0.4) is 0 Å². The van der Waals surface area contributed by atoms with Gasteiger partial charge in [0.05, 0.1) is 6.61 Å². The molecule has 1 fully saturated rings. The third kappa shape index (κ3) is 5.78. The Morgan fingerprint density at radius 1 is 1.23 bits per heavy atom. The summed E-state index contributed by atoms with van der Waals surface area (Å²) in [4.78, 5) is 14.1. The molecule has 4 nitrogen and oxygen atoms in total. The lowest BCUT2D eigenvalue weighted by Gasteiger charge is -2.31. The molecule has 1 aliphatic heterocycles. The molecule has 1 aromatic carbocycles. The van der Waals surface area contributed by atoms with Gasteiger partial charge >= 0.3 is 0 Å². The molecule has 1 N–H and O–H groups in total. The van der Waals surface area contributed by atoms with E-state index in [0.29, 0.717) is 19.1 Å². The molecule has 2 rings (SSSR count). The van der Waals surface area contributed by atoms with E-state index in [0.717, 1.165) is 45.4 Å². The van der Waals surface area contributed by atoms with Crippen LogP contribution >= 0.6 is 0 Å². The smallest absolute Gasteiger partial charge is 0.222 e. The minimum absolute atomic E-state index is 0.279. The summed E-state index contributed by atoms with van der Waals surface area (Å²) in [6.45, 7) is 3.18. The number of ether oxygens (including phenoxy) is 1. The molecule has 4 heteroatoms. The molecule has 0 saturated carbocycles. The minimum Gasteiger partial charge on any atom is -0.381 e. The van der Waals surface area contributed by atoms with E-state index in [4.69, 9.17) is 4.74 Å². The number of hydrogen-bond donors (Lipinski definition) is 1. The lowest BCUT2D eigenvalue weighted by Crippen LogP contribution is -2.43. The molecule has 0 aliphatic carbocycles. The van der Waals surface area contributed by atoms with E-state index < -0.39 is 0 Å². The van der Waals surface area contributed by atoms with Gasteiger partial charge in [0.25, 0.3) is 0 Å². The molecule has 1 amide bonds. The van der Waals surface area contributed by atoms with Gasteiger partial charge in [0.1, 0.15) is 0 Å². The first-order valence-corrected chi connectivity index (χ1v) is 8.36. The van der Waals surface area contributed by atoms with Crippen LogP contribution in [-0.2, 0) is 16.0 Å². The lowest BCUT2D eigenvalue weighted by molar-refractivity contribution is -0.132. The van der Waals surface area contributed by atoms with E-state index in [9.17, 15) is 4.79 Å². The molecular weight excluding hydrogens is 276 g/mol. The van der Waals surface area contributed by atoms with Gasteiger partial charge < -0.3 is 15.0 Å². The molecule has 22 heavy (non-hydrogen) atoms. The monoisotopic (exact) mass is 304 g/mol. The first-order chi connectivity index (χ1) is 10.8. The maximum atomic E-state index is 12.1. The van der Waals surface area contributed by atoms with Gasteiger partial charge in [-0.05, 0) is 38.3 Å². The quantitative estimate of drug-likeness (QED) is 0.749. The number of benzene rings is 1. The number of hydrogen-bond acceptors (Lipinski definition) is 3. The van der Waals surface area contributed by atoms with Crippen LogP contribution < -0.4 is 5.32 Å². The Morgan fingerprint density at radius 3 is 2.64 bits per heavy atom. The van der Waals surface area contributed by atoms with Gasteiger partial charge in [0, 0.05) is 32.2 Å². The van der Waals surface area contributed by atoms with Crippen LogP contribution in [0.4, 0.5) is 0 Å². The molecule has 0 aromatic heterocycles. The zero-order valence-corrected chi connectivity index (χ0v) is 13.6. The number of likely N-dealkylation sites (tertiary alicyclic amines) is 1. The zero-order chi connectivity index (χ0) is 15.6. The van der Waals surface area contributed by atoms with Crippen LogP contribution in [0.25, 0.3) is 0 Å². The average molecular weight is 304 g/mol. The van der Waals surface area contributed by atoms with Gasteiger partial charge in [-0.2, -0.15) is 0 Å². The molecule has 1 saturated heterocycles. The van der Waals surface area contributed by atoms with Crippen LogP contribution in [0.15, 0.2) is 30.3 Å². The number of nitrogens with one attached hydrogen (secondary N) is 1. The van der Waals surface area contributed by atoms with Gasteiger partial charge in [-0.1, -0.05) is 30.3 Å². The molecule has 0 unspecified atom stereocenters. The Kier molecular flexibility index (Phi) is 7.40. The molecule has 0 bridgehead atoms. The van der Waals surface area contributed by atoms with Crippen molar-refractivity contribution < 1.29 is 9.53 Å². The fourth-order valence-electron chi connectivity index (χ4n) is 2.84. The van der Waals surface area contributed by atoms with Gasteiger partial charge in [0.15, 0.2) is 0 Å². The molecule has 0 spiro atoms. The molecular formula is C18H28N2O2. The topological polar surface area (TPSA) is 41.6 Å². The summed E-state index contributed by atoms with van der Waals surface area (Å²) in [7, 11) is 1.99. The highest BCUT2D eigenvalue weighted by atomic mass is 16.5. The van der Waals surface area contributed by atoms with Crippen LogP contribution in [-0.4, -0.2) is 50.2 Å². The van der Waals surface area contributed by atoms with Crippen LogP contribution in [0.2, 0.25) is 0 Å². The first-order valence-electron chi connectivity index (χ1n) is 8.36. The highest BCUT2D eigenvalue weighted by molar-refractivity contribution is 5.76. The fraction of sp³-hybridized carbons (Fsp3) is 0.611. The summed E-state index contributed by atoms with van der Waals surface area (Å²) in [5.74, 6) is 0.279. The van der Waals surface area contributed by atoms with Crippen molar-refractivity contribution in [2.24, 2.45) is 0 Å². The highest BCUT2D eigenvalue weighted by Crippen LogP contribution is 2.11. The predicted molar refractivity (Wildman–Crippen MR) is 88.9 cm³/mol. The van der Waals surface area contributed by atoms with E-state index in [-0.39, 0.29) is 5.91 Å². The molecule has 122 valence electrons. The van der Waals surface area contributed by atoms with E-state index >= 15 is 0 Å². The Labute approximate surface area is 133 Å². The normalized spacial score (nSPS) is 16.0. The van der Waals surface area contributed by atoms with Gasteiger partial charge in [-0.3, -0.25) is 4.79 Å². The summed E-state index contributed by atoms with van der Waals surface area (Å²) in [5.41, 5.74) is 1.30. The Balaban J connectivity index is 1.50. The second-order valence-corrected chi connectivity index (χ2v) is 5.90. The summed E-state index contributed by atoms with van der Waals surface area (Å²) in [6, 6.07) is 10.9. The second kappa shape index (κ2) is 9.59. The molecule has 1 aromatic rings. The van der Waals surface area contributed by atoms with E-state index in [1.807, 2.05) is 30.1 Å². The van der Waals surface area contributed by atoms with E-state index in [1.54, 1.807) is 0 Å². The Hall–Kier alpha value is -1.39. The van der Waals surface area contributed by atoms with Crippen molar-refractivity contribution >= 4 is 5.91 Å². The number of rotatable bonds is 8. The summed E-state index contributed by atoms with van der Waals surface area (Å²) >= 11 is 0. The van der Waals surface area contributed by atoms with Gasteiger partial charge in [-0.25, -0.2) is 0 Å². The first kappa shape index (κ1) is 17.0. The van der Waals surface area contributed by atoms with Crippen molar-refractivity contribution in [2.45, 2.75) is 38.1 Å². The SMILES string of the molecule is CNC1CCN(C(=O)CCCOCCc2ccccc2)CC1. The number of amides is 1. The van der Waals surface area contributed by atoms with Crippen molar-refractivity contribution in [3.63, 3.8) is 0 Å². The van der Waals surface area contributed by atoms with Crippen LogP contribution in [0.5, 0.6) is 0 Å². The van der Waals surface area contributed by atoms with Crippen molar-refractivity contribution in [1.29, 1.82) is 0 Å². The third-order valence-electron chi connectivity index (χ3n) is 4.31. The number of carbonyl (C=O) groups excluding carboxylic acids is 1. The van der Waals surface area contributed by atoms with Gasteiger partial charge in [-0.15, -0.1) is 0 Å². The van der Waals surface area contributed by atoms with Crippen LogP contribution in [0.1, 0.15) is 31.2 Å². The number of piperidine rings is 1. The summed E-state index contributed by atoms with van der Waals surface area (Å²) in [5, 5.41) is 3.29. The van der Waals surface area contributed by atoms with E-state index in [1.165, 1.54) is 5.56 Å². The maximum absolute atomic E-state index is 12.1. The zero-order valence-electron chi connectivity index (χ0n) is 13.6. The number of nitrogens with zero attached hydrogens (tertiary/aromatic N) is 1. The maximum Gasteiger partial charge on any atom is 0.222 e. The third-order valence-corrected chi connectivity index (χ3v) is 4.31. The number of carbonyl (C=O) groups is 1. The standard InChI is InChI=1S/C18H28N2O2/c1-19-17-9-12-20(13-10-17)18(21)8-5-14-22-15-11-16-6-3-2-4-7-16/h2-4,6-7,17,19H,5,8-15H2,1H3. The summed E-state index contributed by atoms with van der Waals surface area (Å²) in [6.07, 6.45) is 4.49. The van der Waals surface area contributed by atoms with Crippen molar-refractivity contribution in [3.8, 4) is 0 Å². The van der Waals surface area contributed by atoms with Crippen molar-refractivity contribution in [3.05, 3.63) is 35.9 Å². The molecule has 1 heterocycles. The van der Waals surface area contributed by atoms with E-state index in [2.05, 4.69) is 17.4 Å². The molecule has 0 atom stereocenters. The summed E-state index contributed by atoms with van der Waals surface area (Å²) < 4.78 is 5.63. The van der Waals surface area contributed by atoms with Crippen LogP contribution in [0, 0.1) is 0 Å². The minimum atomic E-state index is 0.279. The molecule has 0 radical (unpaired) electrons. The van der Waals surface area contributed by atoms with Crippen molar-refractivity contribution in [1.82, 2.24) is 10.2 Å². The van der Waals surface area contributed by atoms with Crippen molar-refractivity contribution in [2.75, 3.05) is 33.4 Å². The second-order valence-electron chi connectivity index (χ2n) is 5.90.